The number of allylic oxidation sites excluding steroid dienone is 4. The molecule has 2 aromatic heterocycles. The van der Waals surface area contributed by atoms with E-state index in [1.807, 2.05) is 39.2 Å². The maximum Gasteiger partial charge on any atom is 0.238 e. The molecule has 2 aromatic rings. The van der Waals surface area contributed by atoms with E-state index in [0.717, 1.165) is 29.1 Å². The first-order valence-electron chi connectivity index (χ1n) is 8.31. The van der Waals surface area contributed by atoms with Gasteiger partial charge in [0, 0.05) is 35.8 Å². The van der Waals surface area contributed by atoms with Gasteiger partial charge in [0.15, 0.2) is 5.82 Å². The molecule has 4 rings (SSSR count). The van der Waals surface area contributed by atoms with Crippen molar-refractivity contribution in [2.45, 2.75) is 27.2 Å². The number of hydrogen-bond acceptors (Lipinski definition) is 5. The summed E-state index contributed by atoms with van der Waals surface area (Å²) in [4.78, 5) is 23.3. The summed E-state index contributed by atoms with van der Waals surface area (Å²) in [5.41, 5.74) is 2.47. The lowest BCUT2D eigenvalue weighted by atomic mass is 9.75. The molecule has 1 saturated heterocycles. The molecule has 1 unspecified atom stereocenters. The van der Waals surface area contributed by atoms with Crippen molar-refractivity contribution in [3.05, 3.63) is 60.0 Å². The lowest BCUT2D eigenvalue weighted by Crippen LogP contribution is -2.31. The van der Waals surface area contributed by atoms with Crippen LogP contribution in [0.15, 0.2) is 48.6 Å². The van der Waals surface area contributed by atoms with Crippen LogP contribution in [0.1, 0.15) is 31.7 Å². The van der Waals surface area contributed by atoms with Crippen LogP contribution in [-0.4, -0.2) is 26.1 Å². The standard InChI is InChI=1S/C19H19N5O/c1-12-20-10-14(11-21-12)13-6-7-15-16(9-13)24(18(25)19(15,2)3)17-5-4-8-22-23-17/h4-6,8-11,15H,7H2,1-3H3. The zero-order chi connectivity index (χ0) is 17.6. The van der Waals surface area contributed by atoms with Crippen LogP contribution < -0.4 is 4.90 Å². The van der Waals surface area contributed by atoms with E-state index in [1.54, 1.807) is 17.2 Å². The molecule has 1 fully saturated rings. The van der Waals surface area contributed by atoms with Crippen LogP contribution in [-0.2, 0) is 4.79 Å². The van der Waals surface area contributed by atoms with Crippen molar-refractivity contribution in [1.29, 1.82) is 0 Å². The first-order chi connectivity index (χ1) is 12.0. The Morgan fingerprint density at radius 1 is 1.24 bits per heavy atom. The number of rotatable bonds is 2. The van der Waals surface area contributed by atoms with Crippen LogP contribution in [0.4, 0.5) is 5.82 Å². The van der Waals surface area contributed by atoms with E-state index in [0.29, 0.717) is 5.82 Å². The van der Waals surface area contributed by atoms with E-state index >= 15 is 0 Å². The Hall–Kier alpha value is -2.89. The maximum absolute atomic E-state index is 13.1. The summed E-state index contributed by atoms with van der Waals surface area (Å²) >= 11 is 0. The fourth-order valence-electron chi connectivity index (χ4n) is 3.52. The van der Waals surface area contributed by atoms with E-state index in [2.05, 4.69) is 32.3 Å². The highest BCUT2D eigenvalue weighted by Crippen LogP contribution is 2.49. The van der Waals surface area contributed by atoms with E-state index < -0.39 is 5.41 Å². The second-order valence-electron chi connectivity index (χ2n) is 6.98. The van der Waals surface area contributed by atoms with Crippen molar-refractivity contribution in [2.75, 3.05) is 4.90 Å². The molecular weight excluding hydrogens is 314 g/mol. The minimum Gasteiger partial charge on any atom is -0.273 e. The van der Waals surface area contributed by atoms with Gasteiger partial charge in [0.2, 0.25) is 5.91 Å². The fraction of sp³-hybridized carbons (Fsp3) is 0.316. The summed E-state index contributed by atoms with van der Waals surface area (Å²) < 4.78 is 0. The van der Waals surface area contributed by atoms with Gasteiger partial charge >= 0.3 is 0 Å². The van der Waals surface area contributed by atoms with Crippen LogP contribution in [0.2, 0.25) is 0 Å². The molecule has 0 saturated carbocycles. The van der Waals surface area contributed by atoms with E-state index in [1.165, 1.54) is 0 Å². The Labute approximate surface area is 146 Å². The summed E-state index contributed by atoms with van der Waals surface area (Å²) in [5.74, 6) is 1.48. The Morgan fingerprint density at radius 3 is 2.68 bits per heavy atom. The lowest BCUT2D eigenvalue weighted by Gasteiger charge is -2.25. The van der Waals surface area contributed by atoms with Crippen LogP contribution in [0, 0.1) is 18.3 Å². The van der Waals surface area contributed by atoms with Crippen LogP contribution in [0.5, 0.6) is 0 Å². The number of aromatic nitrogens is 4. The molecule has 0 radical (unpaired) electrons. The molecule has 25 heavy (non-hydrogen) atoms. The van der Waals surface area contributed by atoms with E-state index in [-0.39, 0.29) is 11.8 Å². The summed E-state index contributed by atoms with van der Waals surface area (Å²) in [6.07, 6.45) is 10.3. The van der Waals surface area contributed by atoms with Gasteiger partial charge in [0.05, 0.1) is 5.41 Å². The molecule has 6 nitrogen and oxygen atoms in total. The number of aryl methyl sites for hydroxylation is 1. The molecule has 0 N–H and O–H groups in total. The molecule has 6 heteroatoms. The largest absolute Gasteiger partial charge is 0.273 e. The summed E-state index contributed by atoms with van der Waals surface area (Å²) in [7, 11) is 0. The summed E-state index contributed by atoms with van der Waals surface area (Å²) in [6, 6.07) is 3.61. The minimum atomic E-state index is -0.477. The number of nitrogens with zero attached hydrogens (tertiary/aromatic N) is 5. The topological polar surface area (TPSA) is 71.9 Å². The van der Waals surface area contributed by atoms with E-state index in [9.17, 15) is 4.79 Å². The smallest absolute Gasteiger partial charge is 0.238 e. The highest BCUT2D eigenvalue weighted by molar-refractivity contribution is 6.04. The zero-order valence-electron chi connectivity index (χ0n) is 14.5. The molecule has 2 aliphatic rings. The highest BCUT2D eigenvalue weighted by Gasteiger charge is 2.51. The lowest BCUT2D eigenvalue weighted by molar-refractivity contribution is -0.125. The van der Waals surface area contributed by atoms with Gasteiger partial charge in [-0.15, -0.1) is 5.10 Å². The molecule has 0 bridgehead atoms. The zero-order valence-corrected chi connectivity index (χ0v) is 14.5. The van der Waals surface area contributed by atoms with E-state index in [4.69, 9.17) is 0 Å². The molecule has 3 heterocycles. The summed E-state index contributed by atoms with van der Waals surface area (Å²) in [5, 5.41) is 8.08. The molecule has 1 atom stereocenters. The van der Waals surface area contributed by atoms with Gasteiger partial charge in [-0.2, -0.15) is 5.10 Å². The fourth-order valence-corrected chi connectivity index (χ4v) is 3.52. The quantitative estimate of drug-likeness (QED) is 0.845. The van der Waals surface area contributed by atoms with Crippen molar-refractivity contribution >= 4 is 17.3 Å². The average molecular weight is 333 g/mol. The predicted octanol–water partition coefficient (Wildman–Crippen LogP) is 2.94. The van der Waals surface area contributed by atoms with Gasteiger partial charge in [-0.25, -0.2) is 9.97 Å². The van der Waals surface area contributed by atoms with Crippen molar-refractivity contribution in [3.63, 3.8) is 0 Å². The van der Waals surface area contributed by atoms with Gasteiger partial charge in [-0.3, -0.25) is 9.69 Å². The highest BCUT2D eigenvalue weighted by atomic mass is 16.2. The average Bonchev–Trinajstić information content (AvgIpc) is 2.82. The van der Waals surface area contributed by atoms with Gasteiger partial charge < -0.3 is 0 Å². The van der Waals surface area contributed by atoms with Gasteiger partial charge in [0.1, 0.15) is 5.82 Å². The first kappa shape index (κ1) is 15.6. The predicted molar refractivity (Wildman–Crippen MR) is 94.2 cm³/mol. The SMILES string of the molecule is Cc1ncc(C2=CCC3C(=C2)N(c2cccnn2)C(=O)C3(C)C)cn1. The molecular formula is C19H19N5O. The molecule has 0 aromatic carbocycles. The monoisotopic (exact) mass is 333 g/mol. The molecule has 0 spiro atoms. The van der Waals surface area contributed by atoms with Crippen LogP contribution in [0.25, 0.3) is 5.57 Å². The van der Waals surface area contributed by atoms with Crippen LogP contribution in [0.3, 0.4) is 0 Å². The van der Waals surface area contributed by atoms with Crippen LogP contribution >= 0.6 is 0 Å². The number of carbonyl (C=O) groups is 1. The Bertz CT molecular complexity index is 884. The second kappa shape index (κ2) is 5.58. The van der Waals surface area contributed by atoms with Gasteiger partial charge in [0.25, 0.3) is 0 Å². The molecule has 1 aliphatic carbocycles. The third-order valence-corrected chi connectivity index (χ3v) is 5.02. The third-order valence-electron chi connectivity index (χ3n) is 5.02. The molecule has 126 valence electrons. The number of carbonyl (C=O) groups excluding carboxylic acids is 1. The number of anilines is 1. The van der Waals surface area contributed by atoms with Gasteiger partial charge in [-0.1, -0.05) is 19.9 Å². The minimum absolute atomic E-state index is 0.0547. The second-order valence-corrected chi connectivity index (χ2v) is 6.98. The molecule has 1 aliphatic heterocycles. The van der Waals surface area contributed by atoms with Crippen molar-refractivity contribution in [1.82, 2.24) is 20.2 Å². The normalized spacial score (nSPS) is 21.6. The van der Waals surface area contributed by atoms with Gasteiger partial charge in [-0.05, 0) is 37.1 Å². The Kier molecular flexibility index (Phi) is 3.49. The van der Waals surface area contributed by atoms with Crippen molar-refractivity contribution in [2.24, 2.45) is 11.3 Å². The molecule has 1 amide bonds. The van der Waals surface area contributed by atoms with Crippen molar-refractivity contribution < 1.29 is 4.79 Å². The Morgan fingerprint density at radius 2 is 2.00 bits per heavy atom. The Balaban J connectivity index is 1.80. The number of fused-ring (bicyclic) bond motifs is 1. The first-order valence-corrected chi connectivity index (χ1v) is 8.31. The van der Waals surface area contributed by atoms with Crippen molar-refractivity contribution in [3.8, 4) is 0 Å². The third kappa shape index (κ3) is 2.45. The number of hydrogen-bond donors (Lipinski definition) is 0. The summed E-state index contributed by atoms with van der Waals surface area (Å²) in [6.45, 7) is 5.86. The maximum atomic E-state index is 13.1. The number of amides is 1.